The first-order chi connectivity index (χ1) is 13.7. The van der Waals surface area contributed by atoms with E-state index in [1.165, 1.54) is 0 Å². The first-order valence-corrected chi connectivity index (χ1v) is 10.1. The predicted molar refractivity (Wildman–Crippen MR) is 119 cm³/mol. The summed E-state index contributed by atoms with van der Waals surface area (Å²) in [7, 11) is 1.59. The summed E-state index contributed by atoms with van der Waals surface area (Å²) in [4.78, 5) is 26.8. The van der Waals surface area contributed by atoms with Crippen molar-refractivity contribution in [2.45, 2.75) is 52.9 Å². The molecule has 0 aliphatic carbocycles. The van der Waals surface area contributed by atoms with Gasteiger partial charge in [0.25, 0.3) is 0 Å². The molecule has 2 rings (SSSR count). The van der Waals surface area contributed by atoms with Crippen LogP contribution >= 0.6 is 0 Å². The van der Waals surface area contributed by atoms with Gasteiger partial charge >= 0.3 is 0 Å². The second kappa shape index (κ2) is 10.1. The fraction of sp³-hybridized carbons (Fsp3) is 0.417. The fourth-order valence-electron chi connectivity index (χ4n) is 3.39. The zero-order chi connectivity index (χ0) is 21.6. The molecular formula is C24H32N2O3. The van der Waals surface area contributed by atoms with Gasteiger partial charge in [-0.1, -0.05) is 52.0 Å². The molecule has 0 unspecified atom stereocenters. The van der Waals surface area contributed by atoms with Crippen LogP contribution in [0.5, 0.6) is 5.75 Å². The maximum Gasteiger partial charge on any atom is 0.226 e. The number of nitrogens with one attached hydrogen (secondary N) is 1. The van der Waals surface area contributed by atoms with Crippen LogP contribution < -0.4 is 15.0 Å². The number of carbonyl (C=O) groups excluding carboxylic acids is 2. The van der Waals surface area contributed by atoms with Gasteiger partial charge in [0.2, 0.25) is 11.8 Å². The molecule has 0 spiro atoms. The molecule has 0 aliphatic heterocycles. The van der Waals surface area contributed by atoms with Crippen molar-refractivity contribution in [2.24, 2.45) is 0 Å². The van der Waals surface area contributed by atoms with Crippen LogP contribution in [0.3, 0.4) is 0 Å². The Morgan fingerprint density at radius 1 is 1.00 bits per heavy atom. The van der Waals surface area contributed by atoms with Crippen LogP contribution in [0, 0.1) is 0 Å². The van der Waals surface area contributed by atoms with Crippen molar-refractivity contribution in [1.29, 1.82) is 0 Å². The first kappa shape index (κ1) is 22.5. The smallest absolute Gasteiger partial charge is 0.226 e. The highest BCUT2D eigenvalue weighted by Crippen LogP contribution is 2.35. The van der Waals surface area contributed by atoms with Gasteiger partial charge in [-0.3, -0.25) is 9.59 Å². The Labute approximate surface area is 174 Å². The maximum atomic E-state index is 12.5. The van der Waals surface area contributed by atoms with E-state index in [-0.39, 0.29) is 30.1 Å². The molecule has 0 aromatic heterocycles. The highest BCUT2D eigenvalue weighted by Gasteiger charge is 2.22. The molecule has 0 fully saturated rings. The summed E-state index contributed by atoms with van der Waals surface area (Å²) in [5.41, 5.74) is 3.87. The molecule has 0 saturated carbocycles. The summed E-state index contributed by atoms with van der Waals surface area (Å²) < 4.78 is 5.19. The Morgan fingerprint density at radius 2 is 1.59 bits per heavy atom. The number of amides is 2. The van der Waals surface area contributed by atoms with Crippen LogP contribution in [-0.4, -0.2) is 25.5 Å². The predicted octanol–water partition coefficient (Wildman–Crippen LogP) is 5.32. The zero-order valence-corrected chi connectivity index (χ0v) is 18.3. The van der Waals surface area contributed by atoms with Crippen molar-refractivity contribution >= 4 is 23.2 Å². The van der Waals surface area contributed by atoms with Crippen LogP contribution in [-0.2, 0) is 9.59 Å². The molecule has 29 heavy (non-hydrogen) atoms. The Hall–Kier alpha value is -2.82. The summed E-state index contributed by atoms with van der Waals surface area (Å²) in [6.45, 7) is 10.4. The lowest BCUT2D eigenvalue weighted by atomic mass is 9.91. The molecule has 156 valence electrons. The second-order valence-corrected chi connectivity index (χ2v) is 7.80. The Morgan fingerprint density at radius 3 is 2.10 bits per heavy atom. The lowest BCUT2D eigenvalue weighted by molar-refractivity contribution is -0.117. The van der Waals surface area contributed by atoms with E-state index >= 15 is 0 Å². The molecule has 0 bridgehead atoms. The minimum atomic E-state index is -0.141. The largest absolute Gasteiger partial charge is 0.497 e. The van der Waals surface area contributed by atoms with Crippen LogP contribution in [0.2, 0.25) is 0 Å². The van der Waals surface area contributed by atoms with Gasteiger partial charge in [0, 0.05) is 31.6 Å². The molecule has 0 radical (unpaired) electrons. The normalized spacial score (nSPS) is 10.9. The van der Waals surface area contributed by atoms with Crippen LogP contribution in [0.1, 0.15) is 64.0 Å². The third-order valence-corrected chi connectivity index (χ3v) is 4.91. The average molecular weight is 397 g/mol. The summed E-state index contributed by atoms with van der Waals surface area (Å²) in [6.07, 6.45) is 0.209. The maximum absolute atomic E-state index is 12.5. The molecule has 0 aliphatic rings. The zero-order valence-electron chi connectivity index (χ0n) is 18.3. The Balaban J connectivity index is 2.23. The third-order valence-electron chi connectivity index (χ3n) is 4.91. The van der Waals surface area contributed by atoms with Gasteiger partial charge in [0.1, 0.15) is 5.75 Å². The number of para-hydroxylation sites is 1. The number of ether oxygens (including phenoxy) is 1. The Kier molecular flexibility index (Phi) is 7.82. The molecular weight excluding hydrogens is 364 g/mol. The highest BCUT2D eigenvalue weighted by atomic mass is 16.5. The molecule has 2 aromatic rings. The van der Waals surface area contributed by atoms with E-state index in [0.29, 0.717) is 18.0 Å². The molecule has 5 nitrogen and oxygen atoms in total. The summed E-state index contributed by atoms with van der Waals surface area (Å²) >= 11 is 0. The number of anilines is 2. The lowest BCUT2D eigenvalue weighted by Crippen LogP contribution is -2.34. The van der Waals surface area contributed by atoms with Crippen molar-refractivity contribution in [2.75, 3.05) is 23.9 Å². The van der Waals surface area contributed by atoms with E-state index in [1.807, 2.05) is 24.3 Å². The van der Waals surface area contributed by atoms with Gasteiger partial charge in [0.05, 0.1) is 12.8 Å². The van der Waals surface area contributed by atoms with Crippen molar-refractivity contribution in [1.82, 2.24) is 0 Å². The van der Waals surface area contributed by atoms with Gasteiger partial charge in [-0.2, -0.15) is 0 Å². The molecule has 1 N–H and O–H groups in total. The number of hydrogen-bond donors (Lipinski definition) is 1. The van der Waals surface area contributed by atoms with E-state index in [2.05, 4.69) is 45.1 Å². The number of nitrogens with zero attached hydrogens (tertiary/aromatic N) is 1. The topological polar surface area (TPSA) is 58.6 Å². The molecule has 0 heterocycles. The first-order valence-electron chi connectivity index (χ1n) is 10.1. The van der Waals surface area contributed by atoms with Crippen LogP contribution in [0.15, 0.2) is 42.5 Å². The number of benzene rings is 2. The van der Waals surface area contributed by atoms with E-state index in [1.54, 1.807) is 25.0 Å². The van der Waals surface area contributed by atoms with Crippen LogP contribution in [0.25, 0.3) is 0 Å². The van der Waals surface area contributed by atoms with E-state index in [0.717, 1.165) is 16.8 Å². The third kappa shape index (κ3) is 5.83. The average Bonchev–Trinajstić information content (AvgIpc) is 2.67. The fourth-order valence-corrected chi connectivity index (χ4v) is 3.39. The molecule has 2 amide bonds. The lowest BCUT2D eigenvalue weighted by Gasteiger charge is -2.29. The summed E-state index contributed by atoms with van der Waals surface area (Å²) in [6, 6.07) is 13.4. The van der Waals surface area contributed by atoms with Gasteiger partial charge in [-0.15, -0.1) is 0 Å². The monoisotopic (exact) mass is 396 g/mol. The minimum absolute atomic E-state index is 0.0609. The minimum Gasteiger partial charge on any atom is -0.497 e. The SMILES string of the molecule is COc1cccc(NC(=O)CCN(C(C)=O)c2c(C(C)C)cccc2C(C)C)c1. The van der Waals surface area contributed by atoms with Crippen molar-refractivity contribution in [3.63, 3.8) is 0 Å². The van der Waals surface area contributed by atoms with E-state index in [9.17, 15) is 9.59 Å². The Bertz CT molecular complexity index is 833. The van der Waals surface area contributed by atoms with Crippen molar-refractivity contribution in [3.05, 3.63) is 53.6 Å². The summed E-state index contributed by atoms with van der Waals surface area (Å²) in [5, 5.41) is 2.88. The summed E-state index contributed by atoms with van der Waals surface area (Å²) in [5.74, 6) is 1.03. The van der Waals surface area contributed by atoms with Crippen LogP contribution in [0.4, 0.5) is 11.4 Å². The molecule has 0 atom stereocenters. The molecule has 2 aromatic carbocycles. The molecule has 0 saturated heterocycles. The van der Waals surface area contributed by atoms with Crippen molar-refractivity contribution in [3.8, 4) is 5.75 Å². The standard InChI is InChI=1S/C24H32N2O3/c1-16(2)21-11-8-12-22(17(3)4)24(21)26(18(5)27)14-13-23(28)25-19-9-7-10-20(15-19)29-6/h7-12,15-17H,13-14H2,1-6H3,(H,25,28). The second-order valence-electron chi connectivity index (χ2n) is 7.80. The van der Waals surface area contributed by atoms with Crippen molar-refractivity contribution < 1.29 is 14.3 Å². The number of methoxy groups -OCH3 is 1. The van der Waals surface area contributed by atoms with Gasteiger partial charge < -0.3 is 15.0 Å². The van der Waals surface area contributed by atoms with Gasteiger partial charge in [0.15, 0.2) is 0 Å². The van der Waals surface area contributed by atoms with Gasteiger partial charge in [-0.05, 0) is 35.1 Å². The number of rotatable bonds is 8. The van der Waals surface area contributed by atoms with E-state index in [4.69, 9.17) is 4.74 Å². The molecule has 5 heteroatoms. The quantitative estimate of drug-likeness (QED) is 0.657. The van der Waals surface area contributed by atoms with E-state index < -0.39 is 0 Å². The highest BCUT2D eigenvalue weighted by molar-refractivity contribution is 5.96. The number of hydrogen-bond acceptors (Lipinski definition) is 3. The number of carbonyl (C=O) groups is 2. The van der Waals surface area contributed by atoms with Gasteiger partial charge in [-0.25, -0.2) is 0 Å².